The van der Waals surface area contributed by atoms with Crippen LogP contribution in [0.3, 0.4) is 0 Å². The Morgan fingerprint density at radius 3 is 2.71 bits per heavy atom. The van der Waals surface area contributed by atoms with Crippen LogP contribution in [0.25, 0.3) is 0 Å². The third-order valence-electron chi connectivity index (χ3n) is 5.13. The highest BCUT2D eigenvalue weighted by Crippen LogP contribution is 2.32. The van der Waals surface area contributed by atoms with Gasteiger partial charge in [0.2, 0.25) is 5.91 Å². The Kier molecular flexibility index (Phi) is 7.71. The van der Waals surface area contributed by atoms with E-state index >= 15 is 0 Å². The number of nitrogens with zero attached hydrogens (tertiary/aromatic N) is 2. The second-order valence-corrected chi connectivity index (χ2v) is 6.77. The first-order chi connectivity index (χ1) is 13.1. The van der Waals surface area contributed by atoms with Crippen LogP contribution in [0.15, 0.2) is 36.7 Å². The molecule has 3 rings (SSSR count). The molecule has 8 heteroatoms. The zero-order chi connectivity index (χ0) is 19.3. The van der Waals surface area contributed by atoms with E-state index in [-0.39, 0.29) is 24.4 Å². The molecule has 0 bridgehead atoms. The van der Waals surface area contributed by atoms with E-state index in [1.54, 1.807) is 18.0 Å². The number of hydrogen-bond acceptors (Lipinski definition) is 5. The maximum atomic E-state index is 13.3. The quantitative estimate of drug-likeness (QED) is 0.736. The van der Waals surface area contributed by atoms with Crippen molar-refractivity contribution in [1.29, 1.82) is 0 Å². The summed E-state index contributed by atoms with van der Waals surface area (Å²) in [6, 6.07) is 7.45. The molecular formula is C20H29ClN4O3. The lowest BCUT2D eigenvalue weighted by Crippen LogP contribution is -2.55. The van der Waals surface area contributed by atoms with Crippen LogP contribution in [0.4, 0.5) is 0 Å². The Hall–Kier alpha value is -2.25. The fraction of sp³-hybridized carbons (Fsp3) is 0.500. The van der Waals surface area contributed by atoms with Gasteiger partial charge in [0.25, 0.3) is 0 Å². The summed E-state index contributed by atoms with van der Waals surface area (Å²) in [6.45, 7) is 6.06. The lowest BCUT2D eigenvalue weighted by atomic mass is 9.87. The van der Waals surface area contributed by atoms with Gasteiger partial charge in [-0.15, -0.1) is 12.4 Å². The summed E-state index contributed by atoms with van der Waals surface area (Å²) >= 11 is 0. The molecule has 2 aromatic rings. The summed E-state index contributed by atoms with van der Waals surface area (Å²) < 4.78 is 12.8. The minimum atomic E-state index is -0.654. The number of amides is 1. The number of piperidine rings is 1. The molecule has 1 aromatic carbocycles. The molecule has 1 aromatic heterocycles. The molecule has 7 nitrogen and oxygen atoms in total. The van der Waals surface area contributed by atoms with Gasteiger partial charge in [0, 0.05) is 12.4 Å². The first kappa shape index (κ1) is 22.0. The number of carbonyl (C=O) groups excluding carboxylic acids is 1. The van der Waals surface area contributed by atoms with Crippen molar-refractivity contribution in [2.45, 2.75) is 38.3 Å². The molecule has 0 aliphatic carbocycles. The molecule has 1 aliphatic heterocycles. The predicted octanol–water partition coefficient (Wildman–Crippen LogP) is 2.67. The van der Waals surface area contributed by atoms with Gasteiger partial charge in [-0.25, -0.2) is 0 Å². The number of rotatable bonds is 7. The van der Waals surface area contributed by atoms with Crippen molar-refractivity contribution in [2.24, 2.45) is 0 Å². The molecule has 154 valence electrons. The van der Waals surface area contributed by atoms with Crippen molar-refractivity contribution in [3.05, 3.63) is 42.2 Å². The highest BCUT2D eigenvalue weighted by Gasteiger charge is 2.42. The molecule has 0 spiro atoms. The van der Waals surface area contributed by atoms with E-state index in [2.05, 4.69) is 15.7 Å². The fourth-order valence-corrected chi connectivity index (χ4v) is 3.57. The smallest absolute Gasteiger partial charge is 0.248 e. The van der Waals surface area contributed by atoms with Crippen molar-refractivity contribution >= 4 is 18.3 Å². The molecule has 1 unspecified atom stereocenters. The largest absolute Gasteiger partial charge is 0.493 e. The van der Waals surface area contributed by atoms with E-state index in [1.165, 1.54) is 0 Å². The van der Waals surface area contributed by atoms with Crippen LogP contribution in [0.1, 0.15) is 38.3 Å². The maximum Gasteiger partial charge on any atom is 0.248 e. The van der Waals surface area contributed by atoms with E-state index < -0.39 is 5.54 Å². The SMILES string of the molecule is CCOc1ccc(C(C)NC(=O)C2(n3cccn3)CCNCC2)cc1OC.Cl. The molecule has 0 radical (unpaired) electrons. The average molecular weight is 409 g/mol. The van der Waals surface area contributed by atoms with Gasteiger partial charge in [0.05, 0.1) is 19.8 Å². The molecule has 1 saturated heterocycles. The molecule has 1 amide bonds. The lowest BCUT2D eigenvalue weighted by Gasteiger charge is -2.37. The second-order valence-electron chi connectivity index (χ2n) is 6.77. The van der Waals surface area contributed by atoms with Crippen LogP contribution in [-0.2, 0) is 10.3 Å². The average Bonchev–Trinajstić information content (AvgIpc) is 3.24. The lowest BCUT2D eigenvalue weighted by molar-refractivity contribution is -0.132. The minimum absolute atomic E-state index is 0. The zero-order valence-electron chi connectivity index (χ0n) is 16.6. The van der Waals surface area contributed by atoms with E-state index in [0.29, 0.717) is 30.9 Å². The Labute approximate surface area is 172 Å². The van der Waals surface area contributed by atoms with Gasteiger partial charge in [0.15, 0.2) is 11.5 Å². The molecule has 1 atom stereocenters. The van der Waals surface area contributed by atoms with Gasteiger partial charge in [-0.05, 0) is 63.5 Å². The maximum absolute atomic E-state index is 13.3. The summed E-state index contributed by atoms with van der Waals surface area (Å²) in [4.78, 5) is 13.3. The molecule has 2 N–H and O–H groups in total. The number of carbonyl (C=O) groups is 1. The first-order valence-corrected chi connectivity index (χ1v) is 9.43. The minimum Gasteiger partial charge on any atom is -0.493 e. The Morgan fingerprint density at radius 1 is 1.36 bits per heavy atom. The molecule has 1 fully saturated rings. The number of methoxy groups -OCH3 is 1. The van der Waals surface area contributed by atoms with E-state index in [9.17, 15) is 4.79 Å². The van der Waals surface area contributed by atoms with Gasteiger partial charge >= 0.3 is 0 Å². The van der Waals surface area contributed by atoms with Gasteiger partial charge < -0.3 is 20.1 Å². The van der Waals surface area contributed by atoms with Crippen LogP contribution in [0.2, 0.25) is 0 Å². The van der Waals surface area contributed by atoms with Crippen LogP contribution in [0, 0.1) is 0 Å². The van der Waals surface area contributed by atoms with Crippen LogP contribution in [-0.4, -0.2) is 42.5 Å². The number of benzene rings is 1. The Morgan fingerprint density at radius 2 is 2.11 bits per heavy atom. The molecular weight excluding hydrogens is 380 g/mol. The van der Waals surface area contributed by atoms with E-state index in [0.717, 1.165) is 18.7 Å². The highest BCUT2D eigenvalue weighted by molar-refractivity contribution is 5.85. The highest BCUT2D eigenvalue weighted by atomic mass is 35.5. The monoisotopic (exact) mass is 408 g/mol. The van der Waals surface area contributed by atoms with Crippen molar-refractivity contribution in [1.82, 2.24) is 20.4 Å². The third-order valence-corrected chi connectivity index (χ3v) is 5.13. The second kappa shape index (κ2) is 9.80. The van der Waals surface area contributed by atoms with Crippen molar-refractivity contribution in [3.8, 4) is 11.5 Å². The van der Waals surface area contributed by atoms with Crippen LogP contribution >= 0.6 is 12.4 Å². The van der Waals surface area contributed by atoms with Gasteiger partial charge in [-0.3, -0.25) is 9.48 Å². The first-order valence-electron chi connectivity index (χ1n) is 9.43. The topological polar surface area (TPSA) is 77.4 Å². The van der Waals surface area contributed by atoms with Gasteiger partial charge in [-0.2, -0.15) is 5.10 Å². The zero-order valence-corrected chi connectivity index (χ0v) is 17.4. The van der Waals surface area contributed by atoms with Crippen molar-refractivity contribution in [2.75, 3.05) is 26.8 Å². The number of nitrogens with one attached hydrogen (secondary N) is 2. The Balaban J connectivity index is 0.00000280. The number of halogens is 1. The number of ether oxygens (including phenoxy) is 2. The Bertz CT molecular complexity index is 761. The predicted molar refractivity (Wildman–Crippen MR) is 110 cm³/mol. The van der Waals surface area contributed by atoms with Crippen LogP contribution in [0.5, 0.6) is 11.5 Å². The van der Waals surface area contributed by atoms with Crippen molar-refractivity contribution in [3.63, 3.8) is 0 Å². The summed E-state index contributed by atoms with van der Waals surface area (Å²) in [7, 11) is 1.62. The van der Waals surface area contributed by atoms with E-state index in [1.807, 2.05) is 44.3 Å². The summed E-state index contributed by atoms with van der Waals surface area (Å²) in [6.07, 6.45) is 5.01. The molecule has 1 aliphatic rings. The molecule has 28 heavy (non-hydrogen) atoms. The van der Waals surface area contributed by atoms with E-state index in [4.69, 9.17) is 9.47 Å². The number of hydrogen-bond donors (Lipinski definition) is 2. The number of aromatic nitrogens is 2. The molecule has 0 saturated carbocycles. The van der Waals surface area contributed by atoms with Gasteiger partial charge in [0.1, 0.15) is 5.54 Å². The van der Waals surface area contributed by atoms with Crippen molar-refractivity contribution < 1.29 is 14.3 Å². The fourth-order valence-electron chi connectivity index (χ4n) is 3.57. The standard InChI is InChI=1S/C20H28N4O3.ClH/c1-4-27-17-7-6-16(14-18(17)26-3)15(2)23-19(25)20(8-11-21-12-9-20)24-13-5-10-22-24;/h5-7,10,13-15,21H,4,8-9,11-12H2,1-3H3,(H,23,25);1H. The molecule has 2 heterocycles. The van der Waals surface area contributed by atoms with Gasteiger partial charge in [-0.1, -0.05) is 6.07 Å². The normalized spacial score (nSPS) is 16.5. The van der Waals surface area contributed by atoms with Crippen LogP contribution < -0.4 is 20.1 Å². The third kappa shape index (κ3) is 4.42. The summed E-state index contributed by atoms with van der Waals surface area (Å²) in [5.41, 5.74) is 0.312. The summed E-state index contributed by atoms with van der Waals surface area (Å²) in [5.74, 6) is 1.36. The summed E-state index contributed by atoms with van der Waals surface area (Å²) in [5, 5.41) is 10.9.